The number of hydrogen-bond donors (Lipinski definition) is 0. The van der Waals surface area contributed by atoms with Crippen molar-refractivity contribution in [1.29, 1.82) is 0 Å². The number of rotatable bonds is 6. The van der Waals surface area contributed by atoms with Gasteiger partial charge in [-0.05, 0) is 24.3 Å². The molecule has 1 amide bonds. The van der Waals surface area contributed by atoms with Crippen LogP contribution in [-0.2, 0) is 16.1 Å². The van der Waals surface area contributed by atoms with Gasteiger partial charge in [0.15, 0.2) is 5.13 Å². The zero-order valence-electron chi connectivity index (χ0n) is 15.1. The van der Waals surface area contributed by atoms with E-state index in [-0.39, 0.29) is 12.5 Å². The fourth-order valence-corrected chi connectivity index (χ4v) is 3.38. The molecule has 0 N–H and O–H groups in total. The van der Waals surface area contributed by atoms with Crippen LogP contribution in [0, 0.1) is 0 Å². The maximum absolute atomic E-state index is 12.2. The lowest BCUT2D eigenvalue weighted by molar-refractivity contribution is -0.115. The summed E-state index contributed by atoms with van der Waals surface area (Å²) in [5.41, 5.74) is 1.40. The molecule has 0 fully saturated rings. The maximum atomic E-state index is 12.2. The summed E-state index contributed by atoms with van der Waals surface area (Å²) in [6.45, 7) is 1.41. The lowest BCUT2D eigenvalue weighted by atomic mass is 10.2. The van der Waals surface area contributed by atoms with E-state index in [2.05, 4.69) is 9.97 Å². The molecule has 3 rings (SSSR count). The molecule has 0 unspecified atom stereocenters. The molecule has 0 bridgehead atoms. The summed E-state index contributed by atoms with van der Waals surface area (Å²) in [5.74, 6) is -0.197. The average Bonchev–Trinajstić information content (AvgIpc) is 3.15. The molecule has 0 spiro atoms. The zero-order chi connectivity index (χ0) is 20.1. The molecule has 7 nitrogen and oxygen atoms in total. The molecule has 1 aromatic carbocycles. The Morgan fingerprint density at radius 1 is 1.21 bits per heavy atom. The van der Waals surface area contributed by atoms with Crippen LogP contribution in [0.3, 0.4) is 0 Å². The number of ether oxygens (including phenoxy) is 2. The van der Waals surface area contributed by atoms with Crippen molar-refractivity contribution in [1.82, 2.24) is 9.97 Å². The van der Waals surface area contributed by atoms with E-state index in [9.17, 15) is 9.59 Å². The van der Waals surface area contributed by atoms with Crippen molar-refractivity contribution in [2.75, 3.05) is 12.0 Å². The molecular weight excluding hydrogens is 402 g/mol. The highest BCUT2D eigenvalue weighted by Crippen LogP contribution is 2.35. The van der Waals surface area contributed by atoms with E-state index in [1.807, 2.05) is 12.1 Å². The Hall–Kier alpha value is -2.97. The average molecular weight is 418 g/mol. The van der Waals surface area contributed by atoms with Gasteiger partial charge in [0.05, 0.1) is 24.1 Å². The number of amides is 1. The summed E-state index contributed by atoms with van der Waals surface area (Å²) in [4.78, 5) is 34.0. The summed E-state index contributed by atoms with van der Waals surface area (Å²) < 4.78 is 10.6. The van der Waals surface area contributed by atoms with Gasteiger partial charge in [-0.15, -0.1) is 11.3 Å². The first-order valence-electron chi connectivity index (χ1n) is 8.16. The molecular formula is C19H16ClN3O4S. The van der Waals surface area contributed by atoms with Gasteiger partial charge in [-0.2, -0.15) is 0 Å². The van der Waals surface area contributed by atoms with E-state index in [1.165, 1.54) is 48.6 Å². The Morgan fingerprint density at radius 3 is 2.68 bits per heavy atom. The summed E-state index contributed by atoms with van der Waals surface area (Å²) in [7, 11) is 1.54. The number of pyridine rings is 1. The van der Waals surface area contributed by atoms with E-state index in [0.29, 0.717) is 33.0 Å². The number of anilines is 2. The second-order valence-corrected chi connectivity index (χ2v) is 6.82. The van der Waals surface area contributed by atoms with Gasteiger partial charge in [0, 0.05) is 18.5 Å². The summed E-state index contributed by atoms with van der Waals surface area (Å²) >= 11 is 6.97. The second-order valence-electron chi connectivity index (χ2n) is 5.59. The summed E-state index contributed by atoms with van der Waals surface area (Å²) in [6.07, 6.45) is 1.34. The molecule has 28 heavy (non-hydrogen) atoms. The van der Waals surface area contributed by atoms with Crippen LogP contribution in [0.4, 0.5) is 10.8 Å². The van der Waals surface area contributed by atoms with Gasteiger partial charge >= 0.3 is 5.97 Å². The zero-order valence-corrected chi connectivity index (χ0v) is 16.7. The van der Waals surface area contributed by atoms with Gasteiger partial charge in [0.25, 0.3) is 0 Å². The lowest BCUT2D eigenvalue weighted by Crippen LogP contribution is -2.23. The minimum absolute atomic E-state index is 0.0321. The fourth-order valence-electron chi connectivity index (χ4n) is 2.41. The van der Waals surface area contributed by atoms with Gasteiger partial charge in [-0.3, -0.25) is 9.69 Å². The predicted molar refractivity (Wildman–Crippen MR) is 106 cm³/mol. The Morgan fingerprint density at radius 2 is 2.00 bits per heavy atom. The van der Waals surface area contributed by atoms with Crippen molar-refractivity contribution in [3.05, 3.63) is 64.4 Å². The van der Waals surface area contributed by atoms with Gasteiger partial charge in [-0.25, -0.2) is 14.8 Å². The third-order valence-electron chi connectivity index (χ3n) is 3.69. The molecule has 0 aliphatic carbocycles. The molecule has 0 aliphatic rings. The minimum atomic E-state index is -0.535. The molecule has 0 saturated carbocycles. The monoisotopic (exact) mass is 417 g/mol. The highest BCUT2D eigenvalue weighted by Gasteiger charge is 2.21. The molecule has 0 radical (unpaired) electrons. The fraction of sp³-hybridized carbons (Fsp3) is 0.158. The molecule has 2 heterocycles. The van der Waals surface area contributed by atoms with Crippen molar-refractivity contribution in [3.63, 3.8) is 0 Å². The molecule has 3 aromatic rings. The lowest BCUT2D eigenvalue weighted by Gasteiger charge is -2.20. The van der Waals surface area contributed by atoms with Crippen LogP contribution in [0.1, 0.15) is 23.0 Å². The molecule has 0 saturated heterocycles. The number of halogens is 1. The number of esters is 1. The number of carbonyl (C=O) groups excluding carboxylic acids is 2. The van der Waals surface area contributed by atoms with Gasteiger partial charge in [0.1, 0.15) is 17.5 Å². The third-order valence-corrected chi connectivity index (χ3v) is 4.78. The van der Waals surface area contributed by atoms with Crippen molar-refractivity contribution < 1.29 is 19.1 Å². The highest BCUT2D eigenvalue weighted by molar-refractivity contribution is 7.14. The Labute approximate surface area is 170 Å². The molecule has 9 heteroatoms. The number of nitrogens with zero attached hydrogens (tertiary/aromatic N) is 3. The first-order chi connectivity index (χ1) is 13.5. The number of hydrogen-bond acceptors (Lipinski definition) is 7. The number of methoxy groups -OCH3 is 1. The topological polar surface area (TPSA) is 81.6 Å². The largest absolute Gasteiger partial charge is 0.495 e. The Balaban J connectivity index is 1.75. The van der Waals surface area contributed by atoms with E-state index < -0.39 is 5.97 Å². The van der Waals surface area contributed by atoms with Crippen LogP contribution in [-0.4, -0.2) is 29.0 Å². The van der Waals surface area contributed by atoms with E-state index in [0.717, 1.165) is 0 Å². The maximum Gasteiger partial charge on any atom is 0.340 e. The van der Waals surface area contributed by atoms with Crippen LogP contribution >= 0.6 is 22.9 Å². The smallest absolute Gasteiger partial charge is 0.340 e. The number of thiazole rings is 1. The van der Waals surface area contributed by atoms with Crippen LogP contribution in [0.2, 0.25) is 5.15 Å². The molecule has 2 aromatic heterocycles. The first-order valence-corrected chi connectivity index (χ1v) is 9.42. The third kappa shape index (κ3) is 4.47. The van der Waals surface area contributed by atoms with Gasteiger partial charge in [-0.1, -0.05) is 23.7 Å². The highest BCUT2D eigenvalue weighted by atomic mass is 35.5. The Bertz CT molecular complexity index is 991. The van der Waals surface area contributed by atoms with Gasteiger partial charge < -0.3 is 9.47 Å². The van der Waals surface area contributed by atoms with Crippen molar-refractivity contribution >= 4 is 45.6 Å². The molecule has 0 atom stereocenters. The van der Waals surface area contributed by atoms with Crippen LogP contribution in [0.15, 0.2) is 48.0 Å². The number of para-hydroxylation sites is 2. The van der Waals surface area contributed by atoms with Gasteiger partial charge in [0.2, 0.25) is 5.91 Å². The Kier molecular flexibility index (Phi) is 6.23. The number of benzene rings is 1. The van der Waals surface area contributed by atoms with E-state index in [4.69, 9.17) is 21.1 Å². The normalized spacial score (nSPS) is 10.4. The number of carbonyl (C=O) groups is 2. The summed E-state index contributed by atoms with van der Waals surface area (Å²) in [6, 6.07) is 10.2. The minimum Gasteiger partial charge on any atom is -0.495 e. The van der Waals surface area contributed by atoms with Crippen molar-refractivity contribution in [3.8, 4) is 5.75 Å². The second kappa shape index (κ2) is 8.81. The summed E-state index contributed by atoms with van der Waals surface area (Å²) in [5, 5.41) is 2.48. The standard InChI is InChI=1S/C19H16ClN3O4S/c1-12(24)23(15-5-3-4-6-16(15)26-2)19-22-14(11-28-19)10-27-18(25)13-7-8-17(20)21-9-13/h3-9,11H,10H2,1-2H3. The van der Waals surface area contributed by atoms with Crippen molar-refractivity contribution in [2.45, 2.75) is 13.5 Å². The molecule has 144 valence electrons. The van der Waals surface area contributed by atoms with Crippen molar-refractivity contribution in [2.24, 2.45) is 0 Å². The van der Waals surface area contributed by atoms with Crippen LogP contribution in [0.25, 0.3) is 0 Å². The quantitative estimate of drug-likeness (QED) is 0.440. The predicted octanol–water partition coefficient (Wildman–Crippen LogP) is 4.24. The van der Waals surface area contributed by atoms with E-state index in [1.54, 1.807) is 17.5 Å². The van der Waals surface area contributed by atoms with E-state index >= 15 is 0 Å². The van der Waals surface area contributed by atoms with Crippen LogP contribution < -0.4 is 9.64 Å². The van der Waals surface area contributed by atoms with Crippen LogP contribution in [0.5, 0.6) is 5.75 Å². The SMILES string of the molecule is COc1ccccc1N(C(C)=O)c1nc(COC(=O)c2ccc(Cl)nc2)cs1. The first kappa shape index (κ1) is 19.8. The molecule has 0 aliphatic heterocycles. The number of aromatic nitrogens is 2.